The van der Waals surface area contributed by atoms with Crippen molar-refractivity contribution < 1.29 is 4.74 Å². The van der Waals surface area contributed by atoms with Gasteiger partial charge in [-0.05, 0) is 32.8 Å². The van der Waals surface area contributed by atoms with Crippen molar-refractivity contribution >= 4 is 27.4 Å². The van der Waals surface area contributed by atoms with Gasteiger partial charge in [-0.3, -0.25) is 0 Å². The number of hydrogen-bond acceptors (Lipinski definition) is 5. The van der Waals surface area contributed by atoms with E-state index in [4.69, 9.17) is 14.7 Å². The monoisotopic (exact) mass is 293 g/mol. The maximum atomic E-state index is 5.74. The minimum Gasteiger partial charge on any atom is -0.371 e. The number of rotatable bonds is 7. The lowest BCUT2D eigenvalue weighted by molar-refractivity contribution is 0.0538. The van der Waals surface area contributed by atoms with Gasteiger partial charge < -0.3 is 10.1 Å². The summed E-state index contributed by atoms with van der Waals surface area (Å²) < 4.78 is 5.74. The number of anilines is 1. The van der Waals surface area contributed by atoms with E-state index in [1.165, 1.54) is 4.88 Å². The summed E-state index contributed by atoms with van der Waals surface area (Å²) in [6, 6.07) is 2.16. The molecule has 1 unspecified atom stereocenters. The molecule has 0 fully saturated rings. The van der Waals surface area contributed by atoms with E-state index in [0.29, 0.717) is 6.61 Å². The third-order valence-electron chi connectivity index (χ3n) is 3.10. The van der Waals surface area contributed by atoms with Gasteiger partial charge in [-0.15, -0.1) is 11.3 Å². The van der Waals surface area contributed by atoms with E-state index in [1.807, 2.05) is 6.92 Å². The molecule has 0 aliphatic heterocycles. The van der Waals surface area contributed by atoms with E-state index in [1.54, 1.807) is 11.3 Å². The van der Waals surface area contributed by atoms with E-state index >= 15 is 0 Å². The maximum Gasteiger partial charge on any atom is 0.161 e. The zero-order chi connectivity index (χ0) is 14.5. The fourth-order valence-electron chi connectivity index (χ4n) is 2.16. The van der Waals surface area contributed by atoms with E-state index in [9.17, 15) is 0 Å². The lowest BCUT2D eigenvalue weighted by Crippen LogP contribution is -2.11. The third-order valence-corrected chi connectivity index (χ3v) is 4.05. The largest absolute Gasteiger partial charge is 0.371 e. The Morgan fingerprint density at radius 1 is 1.30 bits per heavy atom. The lowest BCUT2D eigenvalue weighted by atomic mass is 10.2. The van der Waals surface area contributed by atoms with Gasteiger partial charge in [0.25, 0.3) is 0 Å². The van der Waals surface area contributed by atoms with Gasteiger partial charge in [0.15, 0.2) is 5.82 Å². The number of fused-ring (bicyclic) bond motifs is 1. The van der Waals surface area contributed by atoms with Gasteiger partial charge >= 0.3 is 0 Å². The first-order chi connectivity index (χ1) is 9.69. The fourth-order valence-corrected chi connectivity index (χ4v) is 3.04. The minimum absolute atomic E-state index is 0.0195. The highest BCUT2D eigenvalue weighted by molar-refractivity contribution is 7.18. The van der Waals surface area contributed by atoms with Crippen molar-refractivity contribution in [3.8, 4) is 0 Å². The van der Waals surface area contributed by atoms with Crippen molar-refractivity contribution in [3.05, 3.63) is 16.8 Å². The highest BCUT2D eigenvalue weighted by Crippen LogP contribution is 2.31. The Balaban J connectivity index is 2.44. The van der Waals surface area contributed by atoms with Crippen LogP contribution in [0.25, 0.3) is 10.2 Å². The molecule has 0 amide bonds. The summed E-state index contributed by atoms with van der Waals surface area (Å²) in [5, 5.41) is 4.53. The zero-order valence-corrected chi connectivity index (χ0v) is 13.5. The Morgan fingerprint density at radius 2 is 2.10 bits per heavy atom. The molecule has 0 bridgehead atoms. The number of ether oxygens (including phenoxy) is 1. The number of aryl methyl sites for hydroxylation is 1. The average molecular weight is 293 g/mol. The molecule has 2 heterocycles. The molecule has 0 saturated heterocycles. The summed E-state index contributed by atoms with van der Waals surface area (Å²) in [5.74, 6) is 1.73. The Kier molecular flexibility index (Phi) is 5.31. The number of aromatic nitrogens is 2. The van der Waals surface area contributed by atoms with Crippen LogP contribution >= 0.6 is 11.3 Å². The van der Waals surface area contributed by atoms with Crippen LogP contribution in [0.2, 0.25) is 0 Å². The van der Waals surface area contributed by atoms with Gasteiger partial charge in [0.05, 0.1) is 5.39 Å². The minimum atomic E-state index is -0.0195. The standard InChI is InChI=1S/C15H23N3OS/c1-5-8-16-13-11-9-10(4)20-15(11)18-14(17-13)12(6-2)19-7-3/h9,12H,5-8H2,1-4H3,(H,16,17,18). The van der Waals surface area contributed by atoms with Crippen LogP contribution in [0.5, 0.6) is 0 Å². The van der Waals surface area contributed by atoms with Crippen LogP contribution in [0.15, 0.2) is 6.07 Å². The van der Waals surface area contributed by atoms with Crippen molar-refractivity contribution in [2.75, 3.05) is 18.5 Å². The molecule has 20 heavy (non-hydrogen) atoms. The maximum absolute atomic E-state index is 5.74. The van der Waals surface area contributed by atoms with Crippen LogP contribution in [0.1, 0.15) is 50.4 Å². The Labute approximate surface area is 124 Å². The molecule has 1 N–H and O–H groups in total. The van der Waals surface area contributed by atoms with Crippen LogP contribution in [0.3, 0.4) is 0 Å². The van der Waals surface area contributed by atoms with Crippen LogP contribution in [0.4, 0.5) is 5.82 Å². The van der Waals surface area contributed by atoms with E-state index in [2.05, 4.69) is 32.2 Å². The molecule has 2 aromatic heterocycles. The molecular formula is C15H23N3OS. The van der Waals surface area contributed by atoms with Gasteiger partial charge in [-0.2, -0.15) is 0 Å². The number of thiophene rings is 1. The molecule has 2 aromatic rings. The number of nitrogens with zero attached hydrogens (tertiary/aromatic N) is 2. The lowest BCUT2D eigenvalue weighted by Gasteiger charge is -2.15. The first-order valence-electron chi connectivity index (χ1n) is 7.33. The molecule has 0 aliphatic carbocycles. The molecule has 110 valence electrons. The number of nitrogens with one attached hydrogen (secondary N) is 1. The molecule has 0 aromatic carbocycles. The van der Waals surface area contributed by atoms with Crippen LogP contribution in [-0.2, 0) is 4.74 Å². The molecular weight excluding hydrogens is 270 g/mol. The Morgan fingerprint density at radius 3 is 2.75 bits per heavy atom. The van der Waals surface area contributed by atoms with Crippen LogP contribution in [-0.4, -0.2) is 23.1 Å². The topological polar surface area (TPSA) is 47.0 Å². The molecule has 2 rings (SSSR count). The summed E-state index contributed by atoms with van der Waals surface area (Å²) in [4.78, 5) is 11.7. The molecule has 1 atom stereocenters. The highest BCUT2D eigenvalue weighted by Gasteiger charge is 2.17. The van der Waals surface area contributed by atoms with E-state index in [0.717, 1.165) is 41.2 Å². The Bertz CT molecular complexity index is 567. The molecule has 0 radical (unpaired) electrons. The van der Waals surface area contributed by atoms with Gasteiger partial charge in [-0.1, -0.05) is 13.8 Å². The van der Waals surface area contributed by atoms with Crippen LogP contribution < -0.4 is 5.32 Å². The van der Waals surface area contributed by atoms with Gasteiger partial charge in [0.2, 0.25) is 0 Å². The summed E-state index contributed by atoms with van der Waals surface area (Å²) in [6.07, 6.45) is 1.94. The van der Waals surface area contributed by atoms with Crippen molar-refractivity contribution in [1.82, 2.24) is 9.97 Å². The molecule has 0 spiro atoms. The zero-order valence-electron chi connectivity index (χ0n) is 12.7. The van der Waals surface area contributed by atoms with Crippen molar-refractivity contribution in [1.29, 1.82) is 0 Å². The second-order valence-corrected chi connectivity index (χ2v) is 6.02. The summed E-state index contributed by atoms with van der Waals surface area (Å²) >= 11 is 1.71. The van der Waals surface area contributed by atoms with Crippen molar-refractivity contribution in [3.63, 3.8) is 0 Å². The molecule has 0 saturated carbocycles. The first-order valence-corrected chi connectivity index (χ1v) is 8.14. The van der Waals surface area contributed by atoms with Gasteiger partial charge in [-0.25, -0.2) is 9.97 Å². The predicted octanol–water partition coefficient (Wildman–Crippen LogP) is 4.31. The second kappa shape index (κ2) is 6.99. The summed E-state index contributed by atoms with van der Waals surface area (Å²) in [7, 11) is 0. The van der Waals surface area contributed by atoms with Crippen molar-refractivity contribution in [2.45, 2.75) is 46.6 Å². The fraction of sp³-hybridized carbons (Fsp3) is 0.600. The highest BCUT2D eigenvalue weighted by atomic mass is 32.1. The van der Waals surface area contributed by atoms with Gasteiger partial charge in [0, 0.05) is 18.0 Å². The van der Waals surface area contributed by atoms with E-state index in [-0.39, 0.29) is 6.10 Å². The van der Waals surface area contributed by atoms with Crippen molar-refractivity contribution in [2.24, 2.45) is 0 Å². The SMILES string of the molecule is CCCNc1nc(C(CC)OCC)nc2sc(C)cc12. The molecule has 5 heteroatoms. The predicted molar refractivity (Wildman–Crippen MR) is 85.6 cm³/mol. The Hall–Kier alpha value is -1.20. The smallest absolute Gasteiger partial charge is 0.161 e. The second-order valence-electron chi connectivity index (χ2n) is 4.79. The van der Waals surface area contributed by atoms with Gasteiger partial charge in [0.1, 0.15) is 16.8 Å². The number of hydrogen-bond donors (Lipinski definition) is 1. The normalized spacial score (nSPS) is 12.8. The average Bonchev–Trinajstić information content (AvgIpc) is 2.82. The third kappa shape index (κ3) is 3.27. The van der Waals surface area contributed by atoms with E-state index < -0.39 is 0 Å². The summed E-state index contributed by atoms with van der Waals surface area (Å²) in [5.41, 5.74) is 0. The summed E-state index contributed by atoms with van der Waals surface area (Å²) in [6.45, 7) is 9.97. The quantitative estimate of drug-likeness (QED) is 0.826. The van der Waals surface area contributed by atoms with Crippen LogP contribution in [0, 0.1) is 6.92 Å². The molecule has 4 nitrogen and oxygen atoms in total. The first kappa shape index (κ1) is 15.2. The molecule has 0 aliphatic rings.